The Hall–Kier alpha value is -7.06. The van der Waals surface area contributed by atoms with Crippen molar-refractivity contribution in [2.45, 2.75) is 24.2 Å². The third-order valence-corrected chi connectivity index (χ3v) is 15.4. The molecule has 1 heterocycles. The Bertz CT molecular complexity index is 3360. The molecule has 10 aromatic rings. The summed E-state index contributed by atoms with van der Waals surface area (Å²) in [6, 6.07) is 78.0. The van der Waals surface area contributed by atoms with E-state index in [0.29, 0.717) is 0 Å². The first-order valence-corrected chi connectivity index (χ1v) is 22.3. The predicted octanol–water partition coefficient (Wildman–Crippen LogP) is 15.4. The minimum absolute atomic E-state index is 0.459. The van der Waals surface area contributed by atoms with Crippen LogP contribution in [0.1, 0.15) is 62.6 Å². The van der Waals surface area contributed by atoms with Crippen LogP contribution >= 0.6 is 11.3 Å². The largest absolute Gasteiger partial charge is 0.135 e. The van der Waals surface area contributed by atoms with Crippen LogP contribution in [0, 0.1) is 0 Å². The monoisotopic (exact) mass is 792 g/mol. The molecule has 0 atom stereocenters. The van der Waals surface area contributed by atoms with E-state index < -0.39 is 10.8 Å². The van der Waals surface area contributed by atoms with Crippen molar-refractivity contribution in [1.82, 2.24) is 0 Å². The Labute approximate surface area is 360 Å². The maximum Gasteiger partial charge on any atom is 0.0720 e. The first-order chi connectivity index (χ1) is 30.2. The average Bonchev–Trinajstić information content (AvgIpc) is 3.96. The molecule has 0 unspecified atom stereocenters. The van der Waals surface area contributed by atoms with Crippen molar-refractivity contribution in [3.63, 3.8) is 0 Å². The van der Waals surface area contributed by atoms with Gasteiger partial charge in [0.05, 0.1) is 10.8 Å². The summed E-state index contributed by atoms with van der Waals surface area (Å²) in [5, 5.41) is 2.67. The lowest BCUT2D eigenvalue weighted by Gasteiger charge is -2.48. The van der Waals surface area contributed by atoms with Crippen LogP contribution < -0.4 is 0 Å². The minimum atomic E-state index is -0.538. The zero-order chi connectivity index (χ0) is 40.3. The van der Waals surface area contributed by atoms with Crippen molar-refractivity contribution >= 4 is 37.1 Å². The van der Waals surface area contributed by atoms with Crippen LogP contribution in [0.25, 0.3) is 59.1 Å². The van der Waals surface area contributed by atoms with Crippen LogP contribution in [0.2, 0.25) is 0 Å². The Morgan fingerprint density at radius 2 is 0.918 bits per heavy atom. The molecule has 0 bridgehead atoms. The van der Waals surface area contributed by atoms with Crippen molar-refractivity contribution in [3.05, 3.63) is 268 Å². The summed E-state index contributed by atoms with van der Waals surface area (Å²) >= 11 is 1.95. The molecular weight excluding hydrogens is 753 g/mol. The third-order valence-electron chi connectivity index (χ3n) is 14.2. The summed E-state index contributed by atoms with van der Waals surface area (Å²) in [6.45, 7) is 2.33. The maximum atomic E-state index is 2.50. The maximum absolute atomic E-state index is 2.50. The highest BCUT2D eigenvalue weighted by Gasteiger charge is 2.59. The van der Waals surface area contributed by atoms with Gasteiger partial charge >= 0.3 is 0 Å². The predicted molar refractivity (Wildman–Crippen MR) is 257 cm³/mol. The molecule has 0 nitrogen and oxygen atoms in total. The highest BCUT2D eigenvalue weighted by Crippen LogP contribution is 2.68. The first-order valence-electron chi connectivity index (χ1n) is 21.5. The van der Waals surface area contributed by atoms with E-state index >= 15 is 0 Å². The number of allylic oxidation sites excluding steroid dienone is 2. The van der Waals surface area contributed by atoms with Gasteiger partial charge in [0.25, 0.3) is 0 Å². The summed E-state index contributed by atoms with van der Waals surface area (Å²) < 4.78 is 2.71. The summed E-state index contributed by atoms with van der Waals surface area (Å²) in [5.41, 5.74) is 21.8. The number of benzene rings is 9. The minimum Gasteiger partial charge on any atom is -0.135 e. The molecule has 0 amide bonds. The molecule has 0 radical (unpaired) electrons. The van der Waals surface area contributed by atoms with E-state index in [1.54, 1.807) is 0 Å². The summed E-state index contributed by atoms with van der Waals surface area (Å²) in [5.74, 6) is 0. The van der Waals surface area contributed by atoms with E-state index in [4.69, 9.17) is 0 Å². The number of fused-ring (bicyclic) bond motifs is 20. The Morgan fingerprint density at radius 1 is 0.410 bits per heavy atom. The molecule has 3 aliphatic carbocycles. The molecule has 0 saturated heterocycles. The zero-order valence-electron chi connectivity index (χ0n) is 33.8. The molecule has 0 aliphatic heterocycles. The van der Waals surface area contributed by atoms with Crippen LogP contribution in [0.4, 0.5) is 0 Å². The summed E-state index contributed by atoms with van der Waals surface area (Å²) in [7, 11) is 0. The van der Waals surface area contributed by atoms with Gasteiger partial charge in [-0.05, 0) is 108 Å². The van der Waals surface area contributed by atoms with E-state index in [-0.39, 0.29) is 0 Å². The molecule has 1 heteroatoms. The molecule has 0 N–H and O–H groups in total. The highest BCUT2D eigenvalue weighted by molar-refractivity contribution is 7.26. The SMILES string of the molecule is C/C(=C\Cc1ccc(-c2ccccc2)cc1)c1cccc2c1-c1c(ccc3c1sc1ccccc13)C21c2ccccc2C2(c3ccccc3-c3ccccc32)c2ccccc21. The fourth-order valence-electron chi connectivity index (χ4n) is 11.8. The first kappa shape index (κ1) is 34.8. The van der Waals surface area contributed by atoms with E-state index in [0.717, 1.165) is 6.42 Å². The molecule has 3 aliphatic rings. The van der Waals surface area contributed by atoms with Gasteiger partial charge in [0.2, 0.25) is 0 Å². The van der Waals surface area contributed by atoms with Crippen LogP contribution in [-0.4, -0.2) is 0 Å². The normalized spacial score (nSPS) is 14.7. The van der Waals surface area contributed by atoms with Crippen LogP contribution in [-0.2, 0) is 17.3 Å². The lowest BCUT2D eigenvalue weighted by Crippen LogP contribution is -2.43. The van der Waals surface area contributed by atoms with Gasteiger partial charge in [-0.3, -0.25) is 0 Å². The molecule has 286 valence electrons. The molecule has 1 aromatic heterocycles. The zero-order valence-corrected chi connectivity index (χ0v) is 34.6. The van der Waals surface area contributed by atoms with E-state index in [2.05, 4.69) is 219 Å². The lowest BCUT2D eigenvalue weighted by atomic mass is 9.52. The highest BCUT2D eigenvalue weighted by atomic mass is 32.1. The van der Waals surface area contributed by atoms with Gasteiger partial charge < -0.3 is 0 Å². The Morgan fingerprint density at radius 3 is 1.57 bits per heavy atom. The average molecular weight is 793 g/mol. The second-order valence-corrected chi connectivity index (χ2v) is 18.1. The number of hydrogen-bond acceptors (Lipinski definition) is 1. The molecule has 0 saturated carbocycles. The summed E-state index contributed by atoms with van der Waals surface area (Å²) in [4.78, 5) is 0. The number of rotatable bonds is 4. The van der Waals surface area contributed by atoms with Gasteiger partial charge in [0.1, 0.15) is 0 Å². The fraction of sp³-hybridized carbons (Fsp3) is 0.0667. The van der Waals surface area contributed by atoms with Gasteiger partial charge in [-0.1, -0.05) is 206 Å². The Kier molecular flexibility index (Phi) is 7.39. The number of hydrogen-bond donors (Lipinski definition) is 0. The fourth-order valence-corrected chi connectivity index (χ4v) is 13.0. The smallest absolute Gasteiger partial charge is 0.0720 e. The van der Waals surface area contributed by atoms with Crippen molar-refractivity contribution in [3.8, 4) is 33.4 Å². The molecule has 13 rings (SSSR count). The quantitative estimate of drug-likeness (QED) is 0.167. The van der Waals surface area contributed by atoms with E-state index in [9.17, 15) is 0 Å². The van der Waals surface area contributed by atoms with Crippen molar-refractivity contribution in [2.75, 3.05) is 0 Å². The molecule has 61 heavy (non-hydrogen) atoms. The van der Waals surface area contributed by atoms with Gasteiger partial charge in [-0.2, -0.15) is 0 Å². The second kappa shape index (κ2) is 13.0. The van der Waals surface area contributed by atoms with E-state index in [1.165, 1.54) is 115 Å². The van der Waals surface area contributed by atoms with Crippen LogP contribution in [0.5, 0.6) is 0 Å². The van der Waals surface area contributed by atoms with Gasteiger partial charge in [-0.15, -0.1) is 11.3 Å². The molecule has 0 fully saturated rings. The molecule has 2 spiro atoms. The van der Waals surface area contributed by atoms with Crippen molar-refractivity contribution < 1.29 is 0 Å². The van der Waals surface area contributed by atoms with Gasteiger partial charge in [0.15, 0.2) is 0 Å². The molecule has 9 aromatic carbocycles. The second-order valence-electron chi connectivity index (χ2n) is 17.0. The number of thiophene rings is 1. The van der Waals surface area contributed by atoms with Crippen LogP contribution in [0.15, 0.2) is 212 Å². The topological polar surface area (TPSA) is 0 Å². The lowest BCUT2D eigenvalue weighted by molar-refractivity contribution is 0.633. The van der Waals surface area contributed by atoms with E-state index in [1.807, 2.05) is 11.3 Å². The van der Waals surface area contributed by atoms with Crippen molar-refractivity contribution in [1.29, 1.82) is 0 Å². The summed E-state index contributed by atoms with van der Waals surface area (Å²) in [6.07, 6.45) is 3.32. The standard InChI is InChI=1S/C60H40S/c1-38(30-31-39-32-34-41(35-33-39)40-16-3-2-4-17-40)42-21-15-28-53-56(42)57-54(37-36-46-45-20-7-14-29-55(45)61-58(46)57)60(53)51-26-12-10-24-49(51)59(50-25-11-13-27-52(50)60)47-22-8-5-18-43(47)44-19-6-9-23-48(44)59/h2-30,32-37H,31H2,1H3/b38-30+. The van der Waals surface area contributed by atoms with Crippen molar-refractivity contribution in [2.24, 2.45) is 0 Å². The van der Waals surface area contributed by atoms with Gasteiger partial charge in [0, 0.05) is 25.7 Å². The third kappa shape index (κ3) is 4.54. The van der Waals surface area contributed by atoms with Crippen LogP contribution in [0.3, 0.4) is 0 Å². The van der Waals surface area contributed by atoms with Gasteiger partial charge in [-0.25, -0.2) is 0 Å². The Balaban J connectivity index is 1.09. The molecular formula is C60H40S.